The second-order valence-corrected chi connectivity index (χ2v) is 4.97. The Morgan fingerprint density at radius 3 is 2.79 bits per heavy atom. The van der Waals surface area contributed by atoms with Crippen LogP contribution in [0, 0.1) is 5.92 Å². The number of aryl methyl sites for hydroxylation is 1. The Morgan fingerprint density at radius 1 is 1.36 bits per heavy atom. The van der Waals surface area contributed by atoms with Gasteiger partial charge in [-0.2, -0.15) is 0 Å². The highest BCUT2D eigenvalue weighted by Crippen LogP contribution is 2.27. The maximum atomic E-state index is 4.14. The van der Waals surface area contributed by atoms with Crippen molar-refractivity contribution < 1.29 is 0 Å². The third-order valence-electron chi connectivity index (χ3n) is 3.19. The maximum absolute atomic E-state index is 4.14. The summed E-state index contributed by atoms with van der Waals surface area (Å²) in [5.74, 6) is 0.957. The molecule has 0 unspecified atom stereocenters. The third kappa shape index (κ3) is 2.59. The molecule has 0 amide bonds. The van der Waals surface area contributed by atoms with Gasteiger partial charge in [0.05, 0.1) is 6.33 Å². The van der Waals surface area contributed by atoms with Crippen LogP contribution in [0.4, 0.5) is 0 Å². The number of hydrogen-bond donors (Lipinski definition) is 1. The zero-order valence-electron chi connectivity index (χ0n) is 8.43. The standard InChI is InChI=1S/C11H17BrN2/c12-11-10(13-8-14-11)7-6-9-4-2-1-3-5-9/h8-9H,1-7H2,(H,13,14). The number of imidazole rings is 1. The van der Waals surface area contributed by atoms with Gasteiger partial charge in [0, 0.05) is 5.69 Å². The zero-order chi connectivity index (χ0) is 9.80. The van der Waals surface area contributed by atoms with E-state index in [4.69, 9.17) is 0 Å². The van der Waals surface area contributed by atoms with Gasteiger partial charge in [-0.15, -0.1) is 0 Å². The summed E-state index contributed by atoms with van der Waals surface area (Å²) in [6, 6.07) is 0. The Kier molecular flexibility index (Phi) is 3.62. The highest BCUT2D eigenvalue weighted by atomic mass is 79.9. The highest BCUT2D eigenvalue weighted by Gasteiger charge is 2.14. The molecule has 1 aliphatic rings. The molecule has 1 heterocycles. The molecule has 0 aliphatic heterocycles. The van der Waals surface area contributed by atoms with Crippen molar-refractivity contribution in [2.75, 3.05) is 0 Å². The minimum atomic E-state index is 0.957. The number of rotatable bonds is 3. The summed E-state index contributed by atoms with van der Waals surface area (Å²) in [6.45, 7) is 0. The monoisotopic (exact) mass is 256 g/mol. The van der Waals surface area contributed by atoms with Crippen molar-refractivity contribution >= 4 is 15.9 Å². The van der Waals surface area contributed by atoms with Crippen molar-refractivity contribution in [1.82, 2.24) is 9.97 Å². The topological polar surface area (TPSA) is 28.7 Å². The highest BCUT2D eigenvalue weighted by molar-refractivity contribution is 9.10. The van der Waals surface area contributed by atoms with Crippen LogP contribution in [0.2, 0.25) is 0 Å². The predicted molar refractivity (Wildman–Crippen MR) is 61.2 cm³/mol. The molecule has 0 aromatic carbocycles. The van der Waals surface area contributed by atoms with Crippen LogP contribution in [-0.4, -0.2) is 9.97 Å². The van der Waals surface area contributed by atoms with Crippen LogP contribution in [0.3, 0.4) is 0 Å². The van der Waals surface area contributed by atoms with Crippen LogP contribution < -0.4 is 0 Å². The van der Waals surface area contributed by atoms with Gasteiger partial charge in [0.25, 0.3) is 0 Å². The molecular weight excluding hydrogens is 240 g/mol. The normalized spacial score (nSPS) is 18.6. The number of aromatic nitrogens is 2. The second kappa shape index (κ2) is 4.96. The van der Waals surface area contributed by atoms with Gasteiger partial charge < -0.3 is 4.98 Å². The Bertz CT molecular complexity index is 277. The van der Waals surface area contributed by atoms with Crippen LogP contribution >= 0.6 is 15.9 Å². The fourth-order valence-electron chi connectivity index (χ4n) is 2.30. The fraction of sp³-hybridized carbons (Fsp3) is 0.727. The van der Waals surface area contributed by atoms with Gasteiger partial charge in [0.2, 0.25) is 0 Å². The van der Waals surface area contributed by atoms with E-state index in [1.165, 1.54) is 44.2 Å². The zero-order valence-corrected chi connectivity index (χ0v) is 10.0. The number of nitrogens with zero attached hydrogens (tertiary/aromatic N) is 1. The smallest absolute Gasteiger partial charge is 0.127 e. The molecule has 1 N–H and O–H groups in total. The molecule has 0 atom stereocenters. The molecule has 0 saturated heterocycles. The van der Waals surface area contributed by atoms with Crippen molar-refractivity contribution in [1.29, 1.82) is 0 Å². The van der Waals surface area contributed by atoms with Crippen molar-refractivity contribution in [2.24, 2.45) is 5.92 Å². The molecule has 1 aromatic heterocycles. The molecular formula is C11H17BrN2. The lowest BCUT2D eigenvalue weighted by Gasteiger charge is -2.20. The summed E-state index contributed by atoms with van der Waals surface area (Å²) < 4.78 is 0.994. The fourth-order valence-corrected chi connectivity index (χ4v) is 2.72. The average molecular weight is 257 g/mol. The lowest BCUT2D eigenvalue weighted by atomic mass is 9.86. The summed E-state index contributed by atoms with van der Waals surface area (Å²) >= 11 is 3.45. The second-order valence-electron chi connectivity index (χ2n) is 4.21. The summed E-state index contributed by atoms with van der Waals surface area (Å²) in [6.07, 6.45) is 11.4. The quantitative estimate of drug-likeness (QED) is 0.879. The lowest BCUT2D eigenvalue weighted by molar-refractivity contribution is 0.338. The van der Waals surface area contributed by atoms with Gasteiger partial charge in [-0.05, 0) is 34.7 Å². The molecule has 78 valence electrons. The first-order chi connectivity index (χ1) is 6.86. The Balaban J connectivity index is 1.79. The van der Waals surface area contributed by atoms with Crippen LogP contribution in [0.15, 0.2) is 10.9 Å². The molecule has 1 aliphatic carbocycles. The first-order valence-electron chi connectivity index (χ1n) is 5.54. The molecule has 1 saturated carbocycles. The number of aromatic amines is 1. The van der Waals surface area contributed by atoms with Crippen molar-refractivity contribution in [3.8, 4) is 0 Å². The van der Waals surface area contributed by atoms with E-state index >= 15 is 0 Å². The predicted octanol–water partition coefficient (Wildman–Crippen LogP) is 3.69. The Morgan fingerprint density at radius 2 is 2.14 bits per heavy atom. The van der Waals surface area contributed by atoms with E-state index < -0.39 is 0 Å². The van der Waals surface area contributed by atoms with E-state index in [2.05, 4.69) is 25.9 Å². The van der Waals surface area contributed by atoms with Gasteiger partial charge >= 0.3 is 0 Å². The molecule has 2 nitrogen and oxygen atoms in total. The number of H-pyrrole nitrogens is 1. The van der Waals surface area contributed by atoms with Crippen LogP contribution in [0.1, 0.15) is 44.2 Å². The number of halogens is 1. The minimum Gasteiger partial charge on any atom is -0.348 e. The van der Waals surface area contributed by atoms with Crippen molar-refractivity contribution in [3.05, 3.63) is 16.6 Å². The minimum absolute atomic E-state index is 0.957. The lowest BCUT2D eigenvalue weighted by Crippen LogP contribution is -2.07. The van der Waals surface area contributed by atoms with Crippen LogP contribution in [0.25, 0.3) is 0 Å². The van der Waals surface area contributed by atoms with Gasteiger partial charge in [-0.25, -0.2) is 4.98 Å². The molecule has 0 spiro atoms. The van der Waals surface area contributed by atoms with Gasteiger partial charge in [-0.3, -0.25) is 0 Å². The largest absolute Gasteiger partial charge is 0.348 e. The maximum Gasteiger partial charge on any atom is 0.127 e. The van der Waals surface area contributed by atoms with Gasteiger partial charge in [0.1, 0.15) is 4.60 Å². The van der Waals surface area contributed by atoms with Crippen molar-refractivity contribution in [2.45, 2.75) is 44.9 Å². The van der Waals surface area contributed by atoms with E-state index in [1.807, 2.05) is 0 Å². The van der Waals surface area contributed by atoms with E-state index in [9.17, 15) is 0 Å². The summed E-state index contributed by atoms with van der Waals surface area (Å²) in [7, 11) is 0. The summed E-state index contributed by atoms with van der Waals surface area (Å²) in [5, 5.41) is 0. The van der Waals surface area contributed by atoms with Crippen LogP contribution in [-0.2, 0) is 6.42 Å². The molecule has 0 radical (unpaired) electrons. The average Bonchev–Trinajstić information content (AvgIpc) is 2.63. The van der Waals surface area contributed by atoms with Gasteiger partial charge in [0.15, 0.2) is 0 Å². The van der Waals surface area contributed by atoms with Crippen LogP contribution in [0.5, 0.6) is 0 Å². The number of nitrogens with one attached hydrogen (secondary N) is 1. The van der Waals surface area contributed by atoms with E-state index in [1.54, 1.807) is 6.33 Å². The molecule has 1 fully saturated rings. The Labute approximate surface area is 93.6 Å². The number of hydrogen-bond acceptors (Lipinski definition) is 1. The first kappa shape index (κ1) is 10.2. The summed E-state index contributed by atoms with van der Waals surface area (Å²) in [4.78, 5) is 7.33. The van der Waals surface area contributed by atoms with Gasteiger partial charge in [-0.1, -0.05) is 32.1 Å². The van der Waals surface area contributed by atoms with Crippen molar-refractivity contribution in [3.63, 3.8) is 0 Å². The molecule has 1 aromatic rings. The third-order valence-corrected chi connectivity index (χ3v) is 3.88. The SMILES string of the molecule is Brc1nc[nH]c1CCC1CCCCC1. The molecule has 14 heavy (non-hydrogen) atoms. The Hall–Kier alpha value is -0.310. The molecule has 3 heteroatoms. The van der Waals surface area contributed by atoms with E-state index in [-0.39, 0.29) is 0 Å². The molecule has 2 rings (SSSR count). The van der Waals surface area contributed by atoms with E-state index in [0.717, 1.165) is 16.9 Å². The first-order valence-corrected chi connectivity index (χ1v) is 6.33. The van der Waals surface area contributed by atoms with E-state index in [0.29, 0.717) is 0 Å². The summed E-state index contributed by atoms with van der Waals surface area (Å²) in [5.41, 5.74) is 1.26. The molecule has 0 bridgehead atoms.